The molecule has 6 heteroatoms. The van der Waals surface area contributed by atoms with E-state index in [9.17, 15) is 8.42 Å². The molecule has 0 amide bonds. The summed E-state index contributed by atoms with van der Waals surface area (Å²) < 4.78 is 26.4. The molecule has 0 aliphatic carbocycles. The first-order chi connectivity index (χ1) is 9.05. The van der Waals surface area contributed by atoms with Crippen LogP contribution in [-0.4, -0.2) is 58.3 Å². The fourth-order valence-corrected chi connectivity index (χ4v) is 3.55. The second-order valence-electron chi connectivity index (χ2n) is 5.40. The SMILES string of the molecule is CCCNCCCCS(=O)(=O)NCC1CCCN1C. The number of rotatable bonds is 10. The van der Waals surface area contributed by atoms with Crippen LogP contribution in [0.2, 0.25) is 0 Å². The molecule has 1 aliphatic rings. The van der Waals surface area contributed by atoms with Crippen LogP contribution in [0.1, 0.15) is 39.0 Å². The molecule has 114 valence electrons. The van der Waals surface area contributed by atoms with Crippen molar-refractivity contribution in [3.05, 3.63) is 0 Å². The van der Waals surface area contributed by atoms with Gasteiger partial charge in [-0.1, -0.05) is 6.92 Å². The molecule has 0 aromatic carbocycles. The fourth-order valence-electron chi connectivity index (χ4n) is 2.38. The third-order valence-electron chi connectivity index (χ3n) is 3.65. The molecule has 1 rings (SSSR count). The molecule has 0 aromatic heterocycles. The van der Waals surface area contributed by atoms with Gasteiger partial charge >= 0.3 is 0 Å². The van der Waals surface area contributed by atoms with Gasteiger partial charge in [-0.2, -0.15) is 0 Å². The van der Waals surface area contributed by atoms with Gasteiger partial charge in [0, 0.05) is 12.6 Å². The minimum atomic E-state index is -3.09. The Hall–Kier alpha value is -0.170. The van der Waals surface area contributed by atoms with E-state index in [1.165, 1.54) is 6.42 Å². The second-order valence-corrected chi connectivity index (χ2v) is 7.33. The van der Waals surface area contributed by atoms with Crippen LogP contribution in [0.3, 0.4) is 0 Å². The molecule has 0 aromatic rings. The molecule has 1 heterocycles. The summed E-state index contributed by atoms with van der Waals surface area (Å²) in [5.74, 6) is 0.247. The summed E-state index contributed by atoms with van der Waals surface area (Å²) >= 11 is 0. The summed E-state index contributed by atoms with van der Waals surface area (Å²) in [6, 6.07) is 0.376. The van der Waals surface area contributed by atoms with Crippen molar-refractivity contribution in [3.63, 3.8) is 0 Å². The first-order valence-corrected chi connectivity index (χ1v) is 9.08. The van der Waals surface area contributed by atoms with Gasteiger partial charge in [0.2, 0.25) is 10.0 Å². The number of hydrogen-bond donors (Lipinski definition) is 2. The van der Waals surface area contributed by atoms with Crippen molar-refractivity contribution in [3.8, 4) is 0 Å². The van der Waals surface area contributed by atoms with Crippen molar-refractivity contribution in [1.29, 1.82) is 0 Å². The highest BCUT2D eigenvalue weighted by Crippen LogP contribution is 2.13. The predicted molar refractivity (Wildman–Crippen MR) is 79.8 cm³/mol. The highest BCUT2D eigenvalue weighted by molar-refractivity contribution is 7.89. The van der Waals surface area contributed by atoms with Crippen LogP contribution in [-0.2, 0) is 10.0 Å². The van der Waals surface area contributed by atoms with Crippen molar-refractivity contribution < 1.29 is 8.42 Å². The molecule has 1 unspecified atom stereocenters. The molecule has 0 spiro atoms. The lowest BCUT2D eigenvalue weighted by molar-refractivity contribution is 0.311. The fraction of sp³-hybridized carbons (Fsp3) is 1.00. The normalized spacial score (nSPS) is 21.1. The Labute approximate surface area is 118 Å². The lowest BCUT2D eigenvalue weighted by Crippen LogP contribution is -2.39. The van der Waals surface area contributed by atoms with Gasteiger partial charge in [0.1, 0.15) is 0 Å². The summed E-state index contributed by atoms with van der Waals surface area (Å²) in [6.07, 6.45) is 5.04. The maximum atomic E-state index is 11.8. The third-order valence-corrected chi connectivity index (χ3v) is 5.09. The Bertz CT molecular complexity index is 333. The van der Waals surface area contributed by atoms with Crippen LogP contribution in [0.25, 0.3) is 0 Å². The van der Waals surface area contributed by atoms with Crippen LogP contribution in [0.15, 0.2) is 0 Å². The maximum absolute atomic E-state index is 11.8. The Morgan fingerprint density at radius 2 is 2.05 bits per heavy atom. The lowest BCUT2D eigenvalue weighted by Gasteiger charge is -2.19. The Kier molecular flexibility index (Phi) is 7.90. The third kappa shape index (κ3) is 7.25. The highest BCUT2D eigenvalue weighted by atomic mass is 32.2. The molecule has 1 fully saturated rings. The van der Waals surface area contributed by atoms with Crippen LogP contribution >= 0.6 is 0 Å². The average molecular weight is 291 g/mol. The molecule has 0 saturated carbocycles. The van der Waals surface area contributed by atoms with Crippen LogP contribution in [0, 0.1) is 0 Å². The second kappa shape index (κ2) is 8.89. The van der Waals surface area contributed by atoms with Crippen molar-refractivity contribution in [1.82, 2.24) is 14.9 Å². The van der Waals surface area contributed by atoms with E-state index in [4.69, 9.17) is 0 Å². The van der Waals surface area contributed by atoms with Gasteiger partial charge in [0.05, 0.1) is 5.75 Å². The number of unbranched alkanes of at least 4 members (excludes halogenated alkanes) is 1. The lowest BCUT2D eigenvalue weighted by atomic mass is 10.2. The van der Waals surface area contributed by atoms with E-state index in [1.54, 1.807) is 0 Å². The molecule has 19 heavy (non-hydrogen) atoms. The quantitative estimate of drug-likeness (QED) is 0.584. The Morgan fingerprint density at radius 3 is 2.68 bits per heavy atom. The standard InChI is InChI=1S/C13H29N3O2S/c1-3-8-14-9-4-5-11-19(17,18)15-12-13-7-6-10-16(13)2/h13-15H,3-12H2,1-2H3. The van der Waals surface area contributed by atoms with Gasteiger partial charge in [-0.15, -0.1) is 0 Å². The van der Waals surface area contributed by atoms with Gasteiger partial charge in [0.15, 0.2) is 0 Å². The summed E-state index contributed by atoms with van der Waals surface area (Å²) in [5.41, 5.74) is 0. The zero-order valence-electron chi connectivity index (χ0n) is 12.3. The first-order valence-electron chi connectivity index (χ1n) is 7.43. The summed E-state index contributed by atoms with van der Waals surface area (Å²) in [6.45, 7) is 5.69. The number of hydrogen-bond acceptors (Lipinski definition) is 4. The molecule has 1 saturated heterocycles. The summed E-state index contributed by atoms with van der Waals surface area (Å²) in [4.78, 5) is 2.23. The topological polar surface area (TPSA) is 61.4 Å². The highest BCUT2D eigenvalue weighted by Gasteiger charge is 2.22. The van der Waals surface area contributed by atoms with E-state index in [0.29, 0.717) is 12.6 Å². The van der Waals surface area contributed by atoms with Gasteiger partial charge in [0.25, 0.3) is 0 Å². The van der Waals surface area contributed by atoms with Gasteiger partial charge in [-0.05, 0) is 58.8 Å². The molecular weight excluding hydrogens is 262 g/mol. The molecule has 1 atom stereocenters. The zero-order chi connectivity index (χ0) is 14.1. The molecule has 1 aliphatic heterocycles. The monoisotopic (exact) mass is 291 g/mol. The van der Waals surface area contributed by atoms with Crippen molar-refractivity contribution >= 4 is 10.0 Å². The Balaban J connectivity index is 2.10. The van der Waals surface area contributed by atoms with E-state index in [0.717, 1.165) is 45.3 Å². The molecular formula is C13H29N3O2S. The van der Waals surface area contributed by atoms with E-state index >= 15 is 0 Å². The largest absolute Gasteiger partial charge is 0.317 e. The predicted octanol–water partition coefficient (Wildman–Crippen LogP) is 0.780. The van der Waals surface area contributed by atoms with Crippen molar-refractivity contribution in [2.45, 2.75) is 45.1 Å². The summed E-state index contributed by atoms with van der Waals surface area (Å²) in [7, 11) is -1.03. The molecule has 2 N–H and O–H groups in total. The maximum Gasteiger partial charge on any atom is 0.211 e. The number of nitrogens with zero attached hydrogens (tertiary/aromatic N) is 1. The van der Waals surface area contributed by atoms with E-state index in [2.05, 4.69) is 28.9 Å². The van der Waals surface area contributed by atoms with Crippen LogP contribution in [0.4, 0.5) is 0 Å². The molecule has 5 nitrogen and oxygen atoms in total. The zero-order valence-corrected chi connectivity index (χ0v) is 13.1. The molecule has 0 bridgehead atoms. The van der Waals surface area contributed by atoms with Crippen molar-refractivity contribution in [2.24, 2.45) is 0 Å². The summed E-state index contributed by atoms with van der Waals surface area (Å²) in [5, 5.41) is 3.28. The van der Waals surface area contributed by atoms with E-state index < -0.39 is 10.0 Å². The number of likely N-dealkylation sites (N-methyl/N-ethyl adjacent to an activating group) is 1. The number of nitrogens with one attached hydrogen (secondary N) is 2. The van der Waals surface area contributed by atoms with Crippen LogP contribution < -0.4 is 10.0 Å². The van der Waals surface area contributed by atoms with E-state index in [1.807, 2.05) is 0 Å². The van der Waals surface area contributed by atoms with Crippen molar-refractivity contribution in [2.75, 3.05) is 39.0 Å². The van der Waals surface area contributed by atoms with E-state index in [-0.39, 0.29) is 5.75 Å². The van der Waals surface area contributed by atoms with Gasteiger partial charge in [-0.25, -0.2) is 13.1 Å². The Morgan fingerprint density at radius 1 is 1.26 bits per heavy atom. The minimum Gasteiger partial charge on any atom is -0.317 e. The van der Waals surface area contributed by atoms with Gasteiger partial charge < -0.3 is 10.2 Å². The first kappa shape index (κ1) is 16.9. The molecule has 0 radical (unpaired) electrons. The van der Waals surface area contributed by atoms with Crippen LogP contribution in [0.5, 0.6) is 0 Å². The smallest absolute Gasteiger partial charge is 0.211 e. The minimum absolute atomic E-state index is 0.247. The average Bonchev–Trinajstić information content (AvgIpc) is 2.77. The van der Waals surface area contributed by atoms with Gasteiger partial charge in [-0.3, -0.25) is 0 Å². The number of sulfonamides is 1. The number of likely N-dealkylation sites (tertiary alicyclic amines) is 1.